The van der Waals surface area contributed by atoms with Crippen LogP contribution in [0.1, 0.15) is 12.8 Å². The average molecular weight is 172 g/mol. The number of alkyl halides is 2. The molecule has 0 aromatic carbocycles. The third-order valence-electron chi connectivity index (χ3n) is 2.10. The number of hydrogen-bond donors (Lipinski definition) is 1. The predicted molar refractivity (Wildman–Crippen MR) is 38.5 cm³/mol. The van der Waals surface area contributed by atoms with Gasteiger partial charge in [0.2, 0.25) is 6.43 Å². The molecule has 10 heavy (non-hydrogen) atoms. The zero-order chi connectivity index (χ0) is 6.85. The van der Waals surface area contributed by atoms with Crippen molar-refractivity contribution in [3.05, 3.63) is 0 Å². The lowest BCUT2D eigenvalue weighted by molar-refractivity contribution is -0.00809. The predicted octanol–water partition coefficient (Wildman–Crippen LogP) is 1.66. The summed E-state index contributed by atoms with van der Waals surface area (Å²) in [5.41, 5.74) is 5.23. The van der Waals surface area contributed by atoms with Crippen LogP contribution in [0.5, 0.6) is 0 Å². The van der Waals surface area contributed by atoms with Gasteiger partial charge < -0.3 is 5.73 Å². The summed E-state index contributed by atoms with van der Waals surface area (Å²) in [6.45, 7) is 0.426. The van der Waals surface area contributed by atoms with Crippen molar-refractivity contribution in [3.63, 3.8) is 0 Å². The van der Waals surface area contributed by atoms with Crippen LogP contribution in [0.3, 0.4) is 0 Å². The van der Waals surface area contributed by atoms with Gasteiger partial charge in [-0.05, 0) is 25.3 Å². The molecule has 1 aliphatic carbocycles. The van der Waals surface area contributed by atoms with Crippen molar-refractivity contribution in [3.8, 4) is 0 Å². The topological polar surface area (TPSA) is 26.0 Å². The fourth-order valence-electron chi connectivity index (χ4n) is 1.22. The van der Waals surface area contributed by atoms with Crippen LogP contribution in [-0.4, -0.2) is 13.0 Å². The Morgan fingerprint density at radius 3 is 2.10 bits per heavy atom. The molecule has 0 amide bonds. The Kier molecular flexibility index (Phi) is 4.13. The van der Waals surface area contributed by atoms with E-state index in [4.69, 9.17) is 5.73 Å². The zero-order valence-electron chi connectivity index (χ0n) is 5.59. The molecule has 0 aromatic heterocycles. The molecular formula is C6H12ClF2N. The Balaban J connectivity index is 0.000000810. The molecule has 62 valence electrons. The molecule has 2 N–H and O–H groups in total. The van der Waals surface area contributed by atoms with Gasteiger partial charge in [0.25, 0.3) is 0 Å². The molecule has 1 aliphatic rings. The van der Waals surface area contributed by atoms with Gasteiger partial charge in [0, 0.05) is 5.92 Å². The summed E-state index contributed by atoms with van der Waals surface area (Å²) in [5, 5.41) is 0. The summed E-state index contributed by atoms with van der Waals surface area (Å²) in [5.74, 6) is -0.292. The van der Waals surface area contributed by atoms with Gasteiger partial charge in [-0.25, -0.2) is 8.78 Å². The van der Waals surface area contributed by atoms with E-state index in [2.05, 4.69) is 0 Å². The SMILES string of the molecule is Cl.NC[C@H]1CC[C@H]1C(F)F. The quantitative estimate of drug-likeness (QED) is 0.672. The third kappa shape index (κ3) is 1.80. The van der Waals surface area contributed by atoms with Crippen LogP contribution in [0.2, 0.25) is 0 Å². The van der Waals surface area contributed by atoms with E-state index in [0.717, 1.165) is 6.42 Å². The highest BCUT2D eigenvalue weighted by Gasteiger charge is 2.36. The molecule has 1 fully saturated rings. The van der Waals surface area contributed by atoms with Crippen LogP contribution in [-0.2, 0) is 0 Å². The standard InChI is InChI=1S/C6H11F2N.ClH/c7-6(8)5-2-1-4(5)3-9;/h4-6H,1-3,9H2;1H/t4-,5-;/m1./s1. The minimum atomic E-state index is -2.15. The minimum Gasteiger partial charge on any atom is -0.330 e. The summed E-state index contributed by atoms with van der Waals surface area (Å²) >= 11 is 0. The van der Waals surface area contributed by atoms with Gasteiger partial charge in [-0.1, -0.05) is 0 Å². The molecule has 4 heteroatoms. The van der Waals surface area contributed by atoms with Crippen LogP contribution in [0.4, 0.5) is 8.78 Å². The van der Waals surface area contributed by atoms with E-state index in [1.165, 1.54) is 0 Å². The molecule has 2 atom stereocenters. The first kappa shape index (κ1) is 10.1. The largest absolute Gasteiger partial charge is 0.330 e. The van der Waals surface area contributed by atoms with Gasteiger partial charge in [0.15, 0.2) is 0 Å². The molecule has 0 aromatic rings. The van der Waals surface area contributed by atoms with E-state index in [1.807, 2.05) is 0 Å². The van der Waals surface area contributed by atoms with Crippen LogP contribution in [0.15, 0.2) is 0 Å². The van der Waals surface area contributed by atoms with Crippen molar-refractivity contribution >= 4 is 12.4 Å². The Morgan fingerprint density at radius 2 is 2.00 bits per heavy atom. The lowest BCUT2D eigenvalue weighted by Crippen LogP contribution is -2.36. The molecule has 0 aliphatic heterocycles. The second-order valence-corrected chi connectivity index (χ2v) is 2.57. The number of nitrogens with two attached hydrogens (primary N) is 1. The van der Waals surface area contributed by atoms with Gasteiger partial charge in [-0.15, -0.1) is 12.4 Å². The minimum absolute atomic E-state index is 0. The maximum Gasteiger partial charge on any atom is 0.241 e. The first-order valence-corrected chi connectivity index (χ1v) is 3.24. The summed E-state index contributed by atoms with van der Waals surface area (Å²) in [6.07, 6.45) is -0.585. The molecular weight excluding hydrogens is 160 g/mol. The Bertz CT molecular complexity index is 97.7. The summed E-state index contributed by atoms with van der Waals surface area (Å²) in [6, 6.07) is 0. The Hall–Kier alpha value is 0.110. The molecule has 1 saturated carbocycles. The van der Waals surface area contributed by atoms with Crippen molar-refractivity contribution < 1.29 is 8.78 Å². The Labute approximate surface area is 65.4 Å². The lowest BCUT2D eigenvalue weighted by Gasteiger charge is -2.34. The average Bonchev–Trinajstić information content (AvgIpc) is 1.61. The smallest absolute Gasteiger partial charge is 0.241 e. The van der Waals surface area contributed by atoms with Crippen molar-refractivity contribution in [2.75, 3.05) is 6.54 Å². The summed E-state index contributed by atoms with van der Waals surface area (Å²) < 4.78 is 23.7. The normalized spacial score (nSPS) is 31.2. The van der Waals surface area contributed by atoms with Crippen molar-refractivity contribution in [2.24, 2.45) is 17.6 Å². The van der Waals surface area contributed by atoms with Crippen LogP contribution in [0, 0.1) is 11.8 Å². The van der Waals surface area contributed by atoms with Gasteiger partial charge >= 0.3 is 0 Å². The molecule has 0 radical (unpaired) electrons. The number of rotatable bonds is 2. The molecule has 0 spiro atoms. The van der Waals surface area contributed by atoms with E-state index in [0.29, 0.717) is 13.0 Å². The van der Waals surface area contributed by atoms with Crippen LogP contribution < -0.4 is 5.73 Å². The van der Waals surface area contributed by atoms with E-state index < -0.39 is 12.3 Å². The maximum atomic E-state index is 11.9. The first-order valence-electron chi connectivity index (χ1n) is 3.24. The van der Waals surface area contributed by atoms with Crippen LogP contribution >= 0.6 is 12.4 Å². The second-order valence-electron chi connectivity index (χ2n) is 2.57. The second kappa shape index (κ2) is 4.09. The van der Waals surface area contributed by atoms with Crippen LogP contribution in [0.25, 0.3) is 0 Å². The fraction of sp³-hybridized carbons (Fsp3) is 1.00. The summed E-state index contributed by atoms with van der Waals surface area (Å²) in [7, 11) is 0. The lowest BCUT2D eigenvalue weighted by atomic mass is 9.74. The fourth-order valence-corrected chi connectivity index (χ4v) is 1.22. The van der Waals surface area contributed by atoms with Gasteiger partial charge in [0.1, 0.15) is 0 Å². The van der Waals surface area contributed by atoms with E-state index in [1.54, 1.807) is 0 Å². The molecule has 0 bridgehead atoms. The highest BCUT2D eigenvalue weighted by Crippen LogP contribution is 2.37. The maximum absolute atomic E-state index is 11.9. The first-order chi connectivity index (χ1) is 4.25. The zero-order valence-corrected chi connectivity index (χ0v) is 6.41. The molecule has 0 heterocycles. The number of hydrogen-bond acceptors (Lipinski definition) is 1. The van der Waals surface area contributed by atoms with Gasteiger partial charge in [-0.2, -0.15) is 0 Å². The molecule has 1 rings (SSSR count). The highest BCUT2D eigenvalue weighted by atomic mass is 35.5. The van der Waals surface area contributed by atoms with E-state index in [9.17, 15) is 8.78 Å². The molecule has 1 nitrogen and oxygen atoms in total. The van der Waals surface area contributed by atoms with Gasteiger partial charge in [-0.3, -0.25) is 0 Å². The Morgan fingerprint density at radius 1 is 1.40 bits per heavy atom. The van der Waals surface area contributed by atoms with Crippen molar-refractivity contribution in [2.45, 2.75) is 19.3 Å². The highest BCUT2D eigenvalue weighted by molar-refractivity contribution is 5.85. The van der Waals surface area contributed by atoms with E-state index in [-0.39, 0.29) is 18.3 Å². The monoisotopic (exact) mass is 171 g/mol. The molecule has 0 saturated heterocycles. The summed E-state index contributed by atoms with van der Waals surface area (Å²) in [4.78, 5) is 0. The third-order valence-corrected chi connectivity index (χ3v) is 2.10. The van der Waals surface area contributed by atoms with Crippen molar-refractivity contribution in [1.82, 2.24) is 0 Å². The van der Waals surface area contributed by atoms with Crippen molar-refractivity contribution in [1.29, 1.82) is 0 Å². The molecule has 0 unspecified atom stereocenters. The number of halogens is 3. The van der Waals surface area contributed by atoms with Gasteiger partial charge in [0.05, 0.1) is 0 Å². The van der Waals surface area contributed by atoms with E-state index >= 15 is 0 Å².